The second-order valence-corrected chi connectivity index (χ2v) is 10.6. The molecule has 5 aliphatic heterocycles. The summed E-state index contributed by atoms with van der Waals surface area (Å²) in [5.41, 5.74) is 0. The molecular weight excluding hydrogens is 392 g/mol. The molecule has 31 heavy (non-hydrogen) atoms. The van der Waals surface area contributed by atoms with Gasteiger partial charge in [0, 0.05) is 64.2 Å². The van der Waals surface area contributed by atoms with Crippen LogP contribution in [0.2, 0.25) is 0 Å². The average Bonchev–Trinajstić information content (AvgIpc) is 3.08. The Labute approximate surface area is 186 Å². The van der Waals surface area contributed by atoms with Gasteiger partial charge in [-0.25, -0.2) is 4.79 Å². The number of rotatable bonds is 1. The third kappa shape index (κ3) is 4.29. The Bertz CT molecular complexity index is 697. The van der Waals surface area contributed by atoms with E-state index in [1.54, 1.807) is 0 Å². The zero-order valence-corrected chi connectivity index (χ0v) is 18.8. The van der Waals surface area contributed by atoms with Crippen molar-refractivity contribution in [2.75, 3.05) is 45.8 Å². The normalized spacial score (nSPS) is 32.5. The Balaban J connectivity index is 1.15. The number of nitrogens with zero attached hydrogens (tertiary/aromatic N) is 4. The van der Waals surface area contributed by atoms with Crippen LogP contribution in [0.3, 0.4) is 0 Å². The first-order valence-corrected chi connectivity index (χ1v) is 12.7. The number of fused-ring (bicyclic) bond motifs is 4. The molecule has 5 rings (SSSR count). The molecule has 5 aliphatic rings. The first-order valence-electron chi connectivity index (χ1n) is 12.7. The molecule has 0 aromatic heterocycles. The van der Waals surface area contributed by atoms with Crippen LogP contribution >= 0.6 is 0 Å². The lowest BCUT2D eigenvalue weighted by molar-refractivity contribution is -0.144. The molecule has 5 heterocycles. The monoisotopic (exact) mass is 430 g/mol. The van der Waals surface area contributed by atoms with Crippen molar-refractivity contribution in [2.45, 2.75) is 70.3 Å². The van der Waals surface area contributed by atoms with Gasteiger partial charge in [-0.1, -0.05) is 12.8 Å². The molecule has 0 unspecified atom stereocenters. The third-order valence-corrected chi connectivity index (χ3v) is 8.48. The maximum atomic E-state index is 13.3. The maximum Gasteiger partial charge on any atom is 0.320 e. The zero-order valence-electron chi connectivity index (χ0n) is 18.8. The van der Waals surface area contributed by atoms with Crippen LogP contribution in [0.5, 0.6) is 0 Å². The van der Waals surface area contributed by atoms with E-state index in [1.807, 2.05) is 4.90 Å². The lowest BCUT2D eigenvalue weighted by Gasteiger charge is -2.53. The summed E-state index contributed by atoms with van der Waals surface area (Å²) >= 11 is 0. The summed E-state index contributed by atoms with van der Waals surface area (Å²) in [6, 6.07) is 0.496. The van der Waals surface area contributed by atoms with Gasteiger partial charge in [0.25, 0.3) is 0 Å². The SMILES string of the molecule is O=C(C1CCN(C(=O)N2C[C@@H]3C[C@H](C2)[C@H]2CCCC(=O)N2C3)CC1)N1CCCCCC1. The topological polar surface area (TPSA) is 64.2 Å². The minimum absolute atomic E-state index is 0.0877. The van der Waals surface area contributed by atoms with E-state index in [1.165, 1.54) is 12.8 Å². The van der Waals surface area contributed by atoms with E-state index in [0.717, 1.165) is 77.7 Å². The highest BCUT2D eigenvalue weighted by atomic mass is 16.2. The van der Waals surface area contributed by atoms with Crippen LogP contribution in [0.1, 0.15) is 64.2 Å². The highest BCUT2D eigenvalue weighted by Gasteiger charge is 2.45. The minimum atomic E-state index is 0.0877. The smallest absolute Gasteiger partial charge is 0.320 e. The number of carbonyl (C=O) groups is 3. The molecule has 2 bridgehead atoms. The van der Waals surface area contributed by atoms with Crippen molar-refractivity contribution in [3.63, 3.8) is 0 Å². The average molecular weight is 431 g/mol. The van der Waals surface area contributed by atoms with E-state index in [-0.39, 0.29) is 11.9 Å². The summed E-state index contributed by atoms with van der Waals surface area (Å²) in [4.78, 5) is 46.9. The molecule has 0 radical (unpaired) electrons. The molecule has 0 saturated carbocycles. The van der Waals surface area contributed by atoms with Gasteiger partial charge in [-0.3, -0.25) is 9.59 Å². The molecule has 0 aromatic carbocycles. The van der Waals surface area contributed by atoms with Crippen molar-refractivity contribution in [1.29, 1.82) is 0 Å². The Kier molecular flexibility index (Phi) is 6.11. The first-order chi connectivity index (χ1) is 15.1. The minimum Gasteiger partial charge on any atom is -0.342 e. The van der Waals surface area contributed by atoms with Gasteiger partial charge in [0.2, 0.25) is 11.8 Å². The fourth-order valence-corrected chi connectivity index (χ4v) is 6.83. The summed E-state index contributed by atoms with van der Waals surface area (Å²) in [7, 11) is 0. The fraction of sp³-hybridized carbons (Fsp3) is 0.875. The van der Waals surface area contributed by atoms with Crippen LogP contribution in [-0.4, -0.2) is 89.3 Å². The van der Waals surface area contributed by atoms with Crippen LogP contribution in [-0.2, 0) is 9.59 Å². The number of amides is 4. The van der Waals surface area contributed by atoms with E-state index in [4.69, 9.17) is 0 Å². The molecule has 4 amide bonds. The number of hydrogen-bond acceptors (Lipinski definition) is 3. The Morgan fingerprint density at radius 3 is 2.23 bits per heavy atom. The summed E-state index contributed by atoms with van der Waals surface area (Å²) in [5, 5.41) is 0. The van der Waals surface area contributed by atoms with E-state index < -0.39 is 0 Å². The largest absolute Gasteiger partial charge is 0.342 e. The van der Waals surface area contributed by atoms with Crippen molar-refractivity contribution in [3.8, 4) is 0 Å². The van der Waals surface area contributed by atoms with Gasteiger partial charge in [0.1, 0.15) is 0 Å². The first kappa shape index (κ1) is 21.1. The van der Waals surface area contributed by atoms with Crippen LogP contribution in [0.15, 0.2) is 0 Å². The summed E-state index contributed by atoms with van der Waals surface area (Å²) in [6.45, 7) is 5.61. The van der Waals surface area contributed by atoms with Gasteiger partial charge in [-0.2, -0.15) is 0 Å². The van der Waals surface area contributed by atoms with E-state index in [0.29, 0.717) is 49.2 Å². The van der Waals surface area contributed by atoms with Crippen LogP contribution in [0.4, 0.5) is 4.79 Å². The van der Waals surface area contributed by atoms with Gasteiger partial charge >= 0.3 is 6.03 Å². The van der Waals surface area contributed by atoms with Crippen molar-refractivity contribution in [1.82, 2.24) is 19.6 Å². The van der Waals surface area contributed by atoms with Crippen LogP contribution in [0, 0.1) is 17.8 Å². The van der Waals surface area contributed by atoms with Crippen molar-refractivity contribution in [3.05, 3.63) is 0 Å². The van der Waals surface area contributed by atoms with E-state index in [9.17, 15) is 14.4 Å². The number of carbonyl (C=O) groups excluding carboxylic acids is 3. The standard InChI is InChI=1S/C24H38N4O3/c29-22-7-5-6-21-20-14-18(16-28(21)22)15-27(17-20)24(31)26-12-8-19(9-13-26)23(30)25-10-3-1-2-4-11-25/h18-21H,1-17H2/t18-,20+,21+/m0/s1. The lowest BCUT2D eigenvalue weighted by atomic mass is 9.76. The van der Waals surface area contributed by atoms with Crippen LogP contribution < -0.4 is 0 Å². The molecule has 7 heteroatoms. The predicted molar refractivity (Wildman–Crippen MR) is 117 cm³/mol. The van der Waals surface area contributed by atoms with Crippen molar-refractivity contribution < 1.29 is 14.4 Å². The number of urea groups is 1. The molecule has 3 atom stereocenters. The molecule has 5 fully saturated rings. The predicted octanol–water partition coefficient (Wildman–Crippen LogP) is 2.55. The Morgan fingerprint density at radius 1 is 0.742 bits per heavy atom. The van der Waals surface area contributed by atoms with Crippen molar-refractivity contribution >= 4 is 17.8 Å². The molecule has 7 nitrogen and oxygen atoms in total. The molecular formula is C24H38N4O3. The number of hydrogen-bond donors (Lipinski definition) is 0. The summed E-state index contributed by atoms with van der Waals surface area (Å²) in [6.07, 6.45) is 10.3. The highest BCUT2D eigenvalue weighted by molar-refractivity contribution is 5.80. The van der Waals surface area contributed by atoms with Gasteiger partial charge < -0.3 is 19.6 Å². The molecule has 0 aliphatic carbocycles. The van der Waals surface area contributed by atoms with E-state index in [2.05, 4.69) is 14.7 Å². The Hall–Kier alpha value is -1.79. The number of likely N-dealkylation sites (tertiary alicyclic amines) is 3. The van der Waals surface area contributed by atoms with Gasteiger partial charge in [0.15, 0.2) is 0 Å². The molecule has 172 valence electrons. The molecule has 0 spiro atoms. The maximum absolute atomic E-state index is 13.3. The van der Waals surface area contributed by atoms with Crippen molar-refractivity contribution in [2.24, 2.45) is 17.8 Å². The van der Waals surface area contributed by atoms with Gasteiger partial charge in [-0.15, -0.1) is 0 Å². The van der Waals surface area contributed by atoms with Gasteiger partial charge in [0.05, 0.1) is 0 Å². The van der Waals surface area contributed by atoms with Gasteiger partial charge in [-0.05, 0) is 56.8 Å². The second kappa shape index (κ2) is 8.99. The summed E-state index contributed by atoms with van der Waals surface area (Å²) < 4.78 is 0. The fourth-order valence-electron chi connectivity index (χ4n) is 6.83. The third-order valence-electron chi connectivity index (χ3n) is 8.48. The molecule has 5 saturated heterocycles. The highest BCUT2D eigenvalue weighted by Crippen LogP contribution is 2.38. The lowest BCUT2D eigenvalue weighted by Crippen LogP contribution is -2.62. The van der Waals surface area contributed by atoms with E-state index >= 15 is 0 Å². The second-order valence-electron chi connectivity index (χ2n) is 10.6. The number of piperidine rings is 4. The van der Waals surface area contributed by atoms with Crippen LogP contribution in [0.25, 0.3) is 0 Å². The quantitative estimate of drug-likeness (QED) is 0.642. The molecule has 0 aromatic rings. The molecule has 0 N–H and O–H groups in total. The zero-order chi connectivity index (χ0) is 21.4. The summed E-state index contributed by atoms with van der Waals surface area (Å²) in [5.74, 6) is 1.58. The Morgan fingerprint density at radius 2 is 1.48 bits per heavy atom.